The van der Waals surface area contributed by atoms with Gasteiger partial charge in [0, 0.05) is 0 Å². The third-order valence-electron chi connectivity index (χ3n) is 4.04. The number of urea groups is 1. The molecule has 136 valence electrons. The fourth-order valence-electron chi connectivity index (χ4n) is 2.76. The number of nitrogens with zero attached hydrogens (tertiary/aromatic N) is 3. The Labute approximate surface area is 156 Å². The smallest absolute Gasteiger partial charge is 0.344 e. The van der Waals surface area contributed by atoms with E-state index in [0.717, 1.165) is 21.1 Å². The highest BCUT2D eigenvalue weighted by atomic mass is 32.1. The summed E-state index contributed by atoms with van der Waals surface area (Å²) in [5.74, 6) is -1.17. The lowest BCUT2D eigenvalue weighted by molar-refractivity contribution is -0.126. The first-order valence-corrected chi connectivity index (χ1v) is 8.69. The summed E-state index contributed by atoms with van der Waals surface area (Å²) in [7, 11) is 1.50. The number of carbonyl (C=O) groups excluding carboxylic acids is 3. The molecule has 3 aromatic rings. The van der Waals surface area contributed by atoms with E-state index in [2.05, 4.69) is 4.98 Å². The van der Waals surface area contributed by atoms with E-state index in [9.17, 15) is 18.8 Å². The van der Waals surface area contributed by atoms with Crippen LogP contribution >= 0.6 is 11.3 Å². The minimum atomic E-state index is -0.819. The minimum absolute atomic E-state index is 0.0941. The van der Waals surface area contributed by atoms with Gasteiger partial charge in [0.15, 0.2) is 0 Å². The van der Waals surface area contributed by atoms with Gasteiger partial charge in [-0.25, -0.2) is 24.0 Å². The van der Waals surface area contributed by atoms with Crippen molar-refractivity contribution in [3.05, 3.63) is 48.3 Å². The Kier molecular flexibility index (Phi) is 4.08. The van der Waals surface area contributed by atoms with E-state index in [4.69, 9.17) is 4.74 Å². The van der Waals surface area contributed by atoms with Crippen LogP contribution in [0.1, 0.15) is 6.42 Å². The first kappa shape index (κ1) is 17.1. The molecule has 0 unspecified atom stereocenters. The first-order valence-electron chi connectivity index (χ1n) is 7.88. The zero-order chi connectivity index (χ0) is 19.1. The maximum absolute atomic E-state index is 13.4. The predicted molar refractivity (Wildman–Crippen MR) is 97.6 cm³/mol. The number of anilines is 2. The van der Waals surface area contributed by atoms with Crippen molar-refractivity contribution in [3.8, 4) is 5.75 Å². The third kappa shape index (κ3) is 2.91. The van der Waals surface area contributed by atoms with E-state index in [-0.39, 0.29) is 5.13 Å². The molecule has 0 saturated carbocycles. The van der Waals surface area contributed by atoms with Crippen LogP contribution in [0.15, 0.2) is 42.5 Å². The van der Waals surface area contributed by atoms with Gasteiger partial charge in [-0.3, -0.25) is 9.59 Å². The number of aromatic nitrogens is 1. The van der Waals surface area contributed by atoms with Crippen molar-refractivity contribution >= 4 is 50.2 Å². The van der Waals surface area contributed by atoms with Crippen LogP contribution < -0.4 is 14.5 Å². The molecule has 4 rings (SSSR count). The molecule has 0 radical (unpaired) electrons. The largest absolute Gasteiger partial charge is 0.497 e. The van der Waals surface area contributed by atoms with Crippen LogP contribution in [0, 0.1) is 5.82 Å². The highest BCUT2D eigenvalue weighted by molar-refractivity contribution is 7.22. The number of carbonyl (C=O) groups is 3. The molecule has 7 nitrogen and oxygen atoms in total. The number of benzene rings is 2. The summed E-state index contributed by atoms with van der Waals surface area (Å²) in [6.45, 7) is 0. The average molecular weight is 385 g/mol. The number of barbiturate groups is 1. The molecule has 9 heteroatoms. The number of methoxy groups -OCH3 is 1. The lowest BCUT2D eigenvalue weighted by Crippen LogP contribution is -2.55. The van der Waals surface area contributed by atoms with Crippen LogP contribution in [0.5, 0.6) is 5.75 Å². The van der Waals surface area contributed by atoms with Crippen molar-refractivity contribution in [2.24, 2.45) is 0 Å². The summed E-state index contributed by atoms with van der Waals surface area (Å²) in [6.07, 6.45) is -0.470. The summed E-state index contributed by atoms with van der Waals surface area (Å²) in [6, 6.07) is 9.50. The van der Waals surface area contributed by atoms with Crippen molar-refractivity contribution in [2.75, 3.05) is 16.9 Å². The second-order valence-electron chi connectivity index (χ2n) is 5.72. The fraction of sp³-hybridized carbons (Fsp3) is 0.111. The van der Waals surface area contributed by atoms with Gasteiger partial charge in [0.25, 0.3) is 0 Å². The number of hydrogen-bond acceptors (Lipinski definition) is 6. The Morgan fingerprint density at radius 3 is 2.44 bits per heavy atom. The Morgan fingerprint density at radius 1 is 1.04 bits per heavy atom. The molecule has 0 spiro atoms. The molecule has 1 aliphatic rings. The number of rotatable bonds is 3. The van der Waals surface area contributed by atoms with Crippen LogP contribution in [0.25, 0.3) is 10.2 Å². The molecule has 1 fully saturated rings. The summed E-state index contributed by atoms with van der Waals surface area (Å²) >= 11 is 1.01. The molecule has 1 aliphatic heterocycles. The molecule has 0 aliphatic carbocycles. The van der Waals surface area contributed by atoms with E-state index in [1.165, 1.54) is 25.3 Å². The number of hydrogen-bond donors (Lipinski definition) is 0. The zero-order valence-electron chi connectivity index (χ0n) is 14.0. The summed E-state index contributed by atoms with van der Waals surface area (Å²) in [5.41, 5.74) is 0.778. The molecule has 2 aromatic carbocycles. The molecule has 2 heterocycles. The van der Waals surface area contributed by atoms with E-state index in [1.807, 2.05) is 0 Å². The number of fused-ring (bicyclic) bond motifs is 1. The molecule has 0 atom stereocenters. The molecular formula is C18H12FN3O4S. The van der Waals surface area contributed by atoms with Gasteiger partial charge >= 0.3 is 6.03 Å². The number of thiazole rings is 1. The second kappa shape index (κ2) is 6.44. The van der Waals surface area contributed by atoms with Crippen LogP contribution in [-0.4, -0.2) is 29.9 Å². The molecule has 0 bridgehead atoms. The highest BCUT2D eigenvalue weighted by Gasteiger charge is 2.41. The lowest BCUT2D eigenvalue weighted by Gasteiger charge is -2.31. The monoisotopic (exact) mass is 385 g/mol. The summed E-state index contributed by atoms with van der Waals surface area (Å²) in [5, 5.41) is 0.0941. The maximum atomic E-state index is 13.4. The number of imide groups is 2. The Bertz CT molecular complexity index is 1080. The highest BCUT2D eigenvalue weighted by Crippen LogP contribution is 2.33. The van der Waals surface area contributed by atoms with Gasteiger partial charge in [-0.2, -0.15) is 0 Å². The van der Waals surface area contributed by atoms with Crippen molar-refractivity contribution in [1.29, 1.82) is 0 Å². The van der Waals surface area contributed by atoms with Gasteiger partial charge in [0.05, 0.1) is 23.0 Å². The molecule has 4 amide bonds. The first-order chi connectivity index (χ1) is 13.0. The Hall–Kier alpha value is -3.33. The average Bonchev–Trinajstić information content (AvgIpc) is 3.04. The normalized spacial score (nSPS) is 15.0. The maximum Gasteiger partial charge on any atom is 0.344 e. The van der Waals surface area contributed by atoms with E-state index >= 15 is 0 Å². The molecular weight excluding hydrogens is 373 g/mol. The summed E-state index contributed by atoms with van der Waals surface area (Å²) < 4.78 is 19.0. The van der Waals surface area contributed by atoms with E-state index in [0.29, 0.717) is 21.7 Å². The van der Waals surface area contributed by atoms with Crippen molar-refractivity contribution in [1.82, 2.24) is 4.98 Å². The SMILES string of the molecule is COc1ccc(N2C(=O)CC(=O)N(c3nc4ccc(F)cc4s3)C2=O)cc1. The van der Waals surface area contributed by atoms with E-state index in [1.54, 1.807) is 24.3 Å². The van der Waals surface area contributed by atoms with Crippen LogP contribution in [0.2, 0.25) is 0 Å². The Balaban J connectivity index is 1.74. The molecule has 27 heavy (non-hydrogen) atoms. The van der Waals surface area contributed by atoms with Gasteiger partial charge in [0.1, 0.15) is 18.0 Å². The van der Waals surface area contributed by atoms with Gasteiger partial charge < -0.3 is 4.74 Å². The number of halogens is 1. The van der Waals surface area contributed by atoms with Gasteiger partial charge in [-0.05, 0) is 42.5 Å². The summed E-state index contributed by atoms with van der Waals surface area (Å²) in [4.78, 5) is 43.6. The Morgan fingerprint density at radius 2 is 1.74 bits per heavy atom. The van der Waals surface area contributed by atoms with Crippen LogP contribution in [0.3, 0.4) is 0 Å². The van der Waals surface area contributed by atoms with Gasteiger partial charge in [-0.1, -0.05) is 11.3 Å². The zero-order valence-corrected chi connectivity index (χ0v) is 14.8. The molecule has 1 aromatic heterocycles. The van der Waals surface area contributed by atoms with Gasteiger partial charge in [0.2, 0.25) is 16.9 Å². The van der Waals surface area contributed by atoms with Gasteiger partial charge in [-0.15, -0.1) is 0 Å². The lowest BCUT2D eigenvalue weighted by atomic mass is 10.2. The molecule has 0 N–H and O–H groups in total. The number of amides is 4. The second-order valence-corrected chi connectivity index (χ2v) is 6.73. The van der Waals surface area contributed by atoms with Crippen molar-refractivity contribution in [3.63, 3.8) is 0 Å². The van der Waals surface area contributed by atoms with E-state index < -0.39 is 30.1 Å². The fourth-order valence-corrected chi connectivity index (χ4v) is 3.76. The topological polar surface area (TPSA) is 79.8 Å². The third-order valence-corrected chi connectivity index (χ3v) is 5.05. The predicted octanol–water partition coefficient (Wildman–Crippen LogP) is 3.33. The number of ether oxygens (including phenoxy) is 1. The quantitative estimate of drug-likeness (QED) is 0.646. The van der Waals surface area contributed by atoms with Crippen molar-refractivity contribution in [2.45, 2.75) is 6.42 Å². The molecule has 1 saturated heterocycles. The van der Waals surface area contributed by atoms with Crippen LogP contribution in [0.4, 0.5) is 20.0 Å². The van der Waals surface area contributed by atoms with Crippen molar-refractivity contribution < 1.29 is 23.5 Å². The standard InChI is InChI=1S/C18H12FN3O4S/c1-26-12-5-3-11(4-6-12)21-15(23)9-16(24)22(18(21)25)17-20-13-7-2-10(19)8-14(13)27-17/h2-8H,9H2,1H3. The van der Waals surface area contributed by atoms with Crippen LogP contribution in [-0.2, 0) is 9.59 Å². The minimum Gasteiger partial charge on any atom is -0.497 e.